The summed E-state index contributed by atoms with van der Waals surface area (Å²) in [5.41, 5.74) is -1.49. The van der Waals surface area contributed by atoms with Crippen LogP contribution in [0.5, 0.6) is 0 Å². The molecule has 3 atom stereocenters. The maximum absolute atomic E-state index is 11.1. The Balaban J connectivity index is 2.99. The molecule has 3 unspecified atom stereocenters. The average molecular weight is 230 g/mol. The van der Waals surface area contributed by atoms with Crippen LogP contribution in [0.2, 0.25) is 0 Å². The fourth-order valence-electron chi connectivity index (χ4n) is 2.29. The largest absolute Gasteiger partial charge is 0.481 e. The Kier molecular flexibility index (Phi) is 3.21. The Morgan fingerprint density at radius 3 is 2.00 bits per heavy atom. The normalized spacial score (nSPS) is 34.3. The third-order valence-corrected chi connectivity index (χ3v) is 3.38. The number of carbonyl (C=O) groups is 3. The summed E-state index contributed by atoms with van der Waals surface area (Å²) in [4.78, 5) is 32.8. The van der Waals surface area contributed by atoms with Crippen molar-refractivity contribution in [3.63, 3.8) is 0 Å². The standard InChI is InChI=1S/C10H14O6/c1-10(9(15)16)4-5(7(11)12)2-3-6(10)8(13)14/h5-6H,2-4H2,1H3,(H,11,12)(H,13,14)(H,15,16). The van der Waals surface area contributed by atoms with Crippen LogP contribution in [0.4, 0.5) is 0 Å². The minimum atomic E-state index is -1.49. The summed E-state index contributed by atoms with van der Waals surface area (Å²) < 4.78 is 0. The Labute approximate surface area is 91.9 Å². The van der Waals surface area contributed by atoms with Crippen molar-refractivity contribution in [3.05, 3.63) is 0 Å². The molecule has 0 aliphatic heterocycles. The molecule has 0 aromatic carbocycles. The van der Waals surface area contributed by atoms with Crippen LogP contribution >= 0.6 is 0 Å². The Morgan fingerprint density at radius 2 is 1.62 bits per heavy atom. The molecular formula is C10H14O6. The van der Waals surface area contributed by atoms with Crippen molar-refractivity contribution < 1.29 is 29.7 Å². The molecule has 0 radical (unpaired) electrons. The molecule has 0 heterocycles. The second-order valence-corrected chi connectivity index (χ2v) is 4.43. The minimum Gasteiger partial charge on any atom is -0.481 e. The number of rotatable bonds is 3. The van der Waals surface area contributed by atoms with Gasteiger partial charge in [0, 0.05) is 0 Å². The third-order valence-electron chi connectivity index (χ3n) is 3.38. The maximum Gasteiger partial charge on any atom is 0.310 e. The quantitative estimate of drug-likeness (QED) is 0.656. The van der Waals surface area contributed by atoms with Gasteiger partial charge in [0.2, 0.25) is 0 Å². The molecule has 1 rings (SSSR count). The lowest BCUT2D eigenvalue weighted by Gasteiger charge is -2.37. The average Bonchev–Trinajstić information content (AvgIpc) is 2.16. The van der Waals surface area contributed by atoms with Crippen LogP contribution < -0.4 is 0 Å². The highest BCUT2D eigenvalue weighted by Gasteiger charge is 2.51. The summed E-state index contributed by atoms with van der Waals surface area (Å²) in [6, 6.07) is 0. The van der Waals surface area contributed by atoms with E-state index in [4.69, 9.17) is 15.3 Å². The van der Waals surface area contributed by atoms with E-state index < -0.39 is 35.2 Å². The summed E-state index contributed by atoms with van der Waals surface area (Å²) in [5.74, 6) is -5.26. The smallest absolute Gasteiger partial charge is 0.310 e. The highest BCUT2D eigenvalue weighted by atomic mass is 16.4. The van der Waals surface area contributed by atoms with Crippen molar-refractivity contribution in [2.45, 2.75) is 26.2 Å². The zero-order valence-corrected chi connectivity index (χ0v) is 8.84. The second-order valence-electron chi connectivity index (χ2n) is 4.43. The first kappa shape index (κ1) is 12.5. The summed E-state index contributed by atoms with van der Waals surface area (Å²) in [5, 5.41) is 26.8. The van der Waals surface area contributed by atoms with Crippen molar-refractivity contribution >= 4 is 17.9 Å². The SMILES string of the molecule is CC1(C(=O)O)CC(C(=O)O)CCC1C(=O)O. The van der Waals surface area contributed by atoms with E-state index in [2.05, 4.69) is 0 Å². The van der Waals surface area contributed by atoms with E-state index in [-0.39, 0.29) is 19.3 Å². The van der Waals surface area contributed by atoms with Crippen LogP contribution in [-0.4, -0.2) is 33.2 Å². The molecule has 0 spiro atoms. The van der Waals surface area contributed by atoms with Gasteiger partial charge in [0.05, 0.1) is 17.3 Å². The lowest BCUT2D eigenvalue weighted by Crippen LogP contribution is -2.46. The first-order valence-electron chi connectivity index (χ1n) is 4.98. The van der Waals surface area contributed by atoms with Gasteiger partial charge in [-0.15, -0.1) is 0 Å². The van der Waals surface area contributed by atoms with E-state index >= 15 is 0 Å². The number of carboxylic acid groups (broad SMARTS) is 3. The molecule has 1 aliphatic rings. The molecular weight excluding hydrogens is 216 g/mol. The van der Waals surface area contributed by atoms with Gasteiger partial charge in [0.1, 0.15) is 0 Å². The van der Waals surface area contributed by atoms with Crippen LogP contribution in [0.25, 0.3) is 0 Å². The van der Waals surface area contributed by atoms with Crippen LogP contribution in [0.1, 0.15) is 26.2 Å². The molecule has 0 saturated heterocycles. The van der Waals surface area contributed by atoms with Crippen molar-refractivity contribution in [1.82, 2.24) is 0 Å². The summed E-state index contributed by atoms with van der Waals surface area (Å²) in [6.45, 7) is 1.31. The van der Waals surface area contributed by atoms with E-state index in [0.29, 0.717) is 0 Å². The van der Waals surface area contributed by atoms with Crippen LogP contribution in [-0.2, 0) is 14.4 Å². The van der Waals surface area contributed by atoms with Crippen molar-refractivity contribution in [3.8, 4) is 0 Å². The fourth-order valence-corrected chi connectivity index (χ4v) is 2.29. The maximum atomic E-state index is 11.1. The lowest BCUT2D eigenvalue weighted by atomic mass is 9.64. The van der Waals surface area contributed by atoms with Gasteiger partial charge in [-0.25, -0.2) is 0 Å². The summed E-state index contributed by atoms with van der Waals surface area (Å²) in [7, 11) is 0. The van der Waals surface area contributed by atoms with Gasteiger partial charge in [-0.05, 0) is 26.2 Å². The number of carboxylic acids is 3. The molecule has 16 heavy (non-hydrogen) atoms. The van der Waals surface area contributed by atoms with Crippen LogP contribution in [0, 0.1) is 17.3 Å². The molecule has 1 aliphatic carbocycles. The van der Waals surface area contributed by atoms with E-state index in [1.807, 2.05) is 0 Å². The Morgan fingerprint density at radius 1 is 1.06 bits per heavy atom. The minimum absolute atomic E-state index is 0.0924. The van der Waals surface area contributed by atoms with E-state index in [1.54, 1.807) is 0 Å². The van der Waals surface area contributed by atoms with Gasteiger partial charge < -0.3 is 15.3 Å². The second kappa shape index (κ2) is 4.11. The molecule has 0 aromatic rings. The van der Waals surface area contributed by atoms with E-state index in [1.165, 1.54) is 6.92 Å². The van der Waals surface area contributed by atoms with Crippen LogP contribution in [0.3, 0.4) is 0 Å². The third kappa shape index (κ3) is 2.00. The molecule has 1 saturated carbocycles. The van der Waals surface area contributed by atoms with Gasteiger partial charge in [0.25, 0.3) is 0 Å². The summed E-state index contributed by atoms with van der Waals surface area (Å²) in [6.07, 6.45) is 0.179. The van der Waals surface area contributed by atoms with Gasteiger partial charge >= 0.3 is 17.9 Å². The first-order chi connectivity index (χ1) is 7.29. The first-order valence-corrected chi connectivity index (χ1v) is 4.98. The van der Waals surface area contributed by atoms with Crippen molar-refractivity contribution in [2.75, 3.05) is 0 Å². The molecule has 6 nitrogen and oxygen atoms in total. The summed E-state index contributed by atoms with van der Waals surface area (Å²) >= 11 is 0. The van der Waals surface area contributed by atoms with E-state index in [0.717, 1.165) is 0 Å². The highest BCUT2D eigenvalue weighted by molar-refractivity contribution is 5.84. The van der Waals surface area contributed by atoms with Crippen molar-refractivity contribution in [2.24, 2.45) is 17.3 Å². The number of aliphatic carboxylic acids is 3. The topological polar surface area (TPSA) is 112 Å². The molecule has 1 fully saturated rings. The molecule has 3 N–H and O–H groups in total. The zero-order valence-electron chi connectivity index (χ0n) is 8.84. The predicted octanol–water partition coefficient (Wildman–Crippen LogP) is 0.663. The molecule has 0 bridgehead atoms. The fraction of sp³-hybridized carbons (Fsp3) is 0.700. The van der Waals surface area contributed by atoms with Gasteiger partial charge in [-0.3, -0.25) is 14.4 Å². The van der Waals surface area contributed by atoms with Gasteiger partial charge in [-0.1, -0.05) is 0 Å². The predicted molar refractivity (Wildman–Crippen MR) is 51.8 cm³/mol. The lowest BCUT2D eigenvalue weighted by molar-refractivity contribution is -0.168. The number of hydrogen-bond donors (Lipinski definition) is 3. The zero-order chi connectivity index (χ0) is 12.5. The molecule has 6 heteroatoms. The molecule has 90 valence electrons. The molecule has 0 aromatic heterocycles. The Hall–Kier alpha value is -1.59. The highest BCUT2D eigenvalue weighted by Crippen LogP contribution is 2.44. The monoisotopic (exact) mass is 230 g/mol. The molecule has 0 amide bonds. The van der Waals surface area contributed by atoms with Crippen LogP contribution in [0.15, 0.2) is 0 Å². The van der Waals surface area contributed by atoms with Gasteiger partial charge in [0.15, 0.2) is 0 Å². The Bertz CT molecular complexity index is 336. The van der Waals surface area contributed by atoms with Gasteiger partial charge in [-0.2, -0.15) is 0 Å². The van der Waals surface area contributed by atoms with Crippen molar-refractivity contribution in [1.29, 1.82) is 0 Å². The van der Waals surface area contributed by atoms with E-state index in [9.17, 15) is 14.4 Å². The number of hydrogen-bond acceptors (Lipinski definition) is 3.